The summed E-state index contributed by atoms with van der Waals surface area (Å²) in [5.41, 5.74) is 7.20. The number of aromatic nitrogens is 3. The average Bonchev–Trinajstić information content (AvgIpc) is 2.86. The number of methoxy groups -OCH3 is 1. The molecule has 0 atom stereocenters. The molecule has 0 aliphatic carbocycles. The highest BCUT2D eigenvalue weighted by atomic mass is 32.2. The van der Waals surface area contributed by atoms with E-state index in [1.165, 1.54) is 18.9 Å². The normalized spacial score (nSPS) is 10.1. The van der Waals surface area contributed by atoms with Crippen LogP contribution in [0.1, 0.15) is 15.9 Å². The molecule has 7 nitrogen and oxygen atoms in total. The van der Waals surface area contributed by atoms with Gasteiger partial charge in [0, 0.05) is 0 Å². The maximum Gasteiger partial charge on any atom is 0.337 e. The van der Waals surface area contributed by atoms with Gasteiger partial charge in [0.2, 0.25) is 5.95 Å². The second-order valence-electron chi connectivity index (χ2n) is 4.06. The first-order valence-corrected chi connectivity index (χ1v) is 7.00. The topological polar surface area (TPSA) is 107 Å². The van der Waals surface area contributed by atoms with E-state index >= 15 is 0 Å². The van der Waals surface area contributed by atoms with Crippen LogP contribution >= 0.6 is 11.8 Å². The van der Waals surface area contributed by atoms with Crippen molar-refractivity contribution in [2.45, 2.75) is 11.7 Å². The van der Waals surface area contributed by atoms with Crippen molar-refractivity contribution in [2.75, 3.05) is 18.6 Å². The van der Waals surface area contributed by atoms with Crippen LogP contribution in [0.3, 0.4) is 0 Å². The summed E-state index contributed by atoms with van der Waals surface area (Å²) in [5.74, 6) is 0.183. The molecule has 0 amide bonds. The third-order valence-electron chi connectivity index (χ3n) is 2.73. The number of carbonyl (C=O) groups is 1. The first-order valence-electron chi connectivity index (χ1n) is 6.01. The van der Waals surface area contributed by atoms with Gasteiger partial charge in [-0.3, -0.25) is 4.57 Å². The van der Waals surface area contributed by atoms with Crippen LogP contribution in [0.2, 0.25) is 0 Å². The molecule has 0 saturated heterocycles. The Morgan fingerprint density at radius 2 is 2.14 bits per heavy atom. The van der Waals surface area contributed by atoms with Crippen LogP contribution in [-0.2, 0) is 11.3 Å². The van der Waals surface area contributed by atoms with Gasteiger partial charge in [0.05, 0.1) is 31.0 Å². The molecule has 0 unspecified atom stereocenters. The molecule has 108 valence electrons. The molecule has 0 saturated carbocycles. The summed E-state index contributed by atoms with van der Waals surface area (Å²) < 4.78 is 6.36. The Labute approximate surface area is 125 Å². The lowest BCUT2D eigenvalue weighted by molar-refractivity contribution is 0.0600. The van der Waals surface area contributed by atoms with Crippen molar-refractivity contribution in [1.29, 1.82) is 5.26 Å². The minimum absolute atomic E-state index is 0.277. The molecule has 1 heterocycles. The van der Waals surface area contributed by atoms with Crippen molar-refractivity contribution in [3.63, 3.8) is 0 Å². The molecule has 0 fully saturated rings. The van der Waals surface area contributed by atoms with Crippen LogP contribution in [0, 0.1) is 11.3 Å². The Hall–Kier alpha value is -2.53. The summed E-state index contributed by atoms with van der Waals surface area (Å²) >= 11 is 1.27. The number of anilines is 1. The molecule has 2 N–H and O–H groups in total. The van der Waals surface area contributed by atoms with Gasteiger partial charge in [-0.2, -0.15) is 5.26 Å². The lowest BCUT2D eigenvalue weighted by atomic mass is 10.1. The number of nitrogens with zero attached hydrogens (tertiary/aromatic N) is 4. The number of esters is 1. The Kier molecular flexibility index (Phi) is 4.79. The molecule has 0 bridgehead atoms. The zero-order valence-electron chi connectivity index (χ0n) is 11.3. The molecule has 0 spiro atoms. The highest BCUT2D eigenvalue weighted by Gasteiger charge is 2.11. The maximum absolute atomic E-state index is 11.4. The Bertz CT molecular complexity index is 675. The van der Waals surface area contributed by atoms with Gasteiger partial charge >= 0.3 is 5.97 Å². The number of rotatable bonds is 5. The molecular formula is C13H13N5O2S. The monoisotopic (exact) mass is 303 g/mol. The van der Waals surface area contributed by atoms with Gasteiger partial charge in [-0.25, -0.2) is 4.79 Å². The number of thioether (sulfide) groups is 1. The zero-order chi connectivity index (χ0) is 15.2. The largest absolute Gasteiger partial charge is 0.465 e. The third-order valence-corrected chi connectivity index (χ3v) is 3.56. The predicted octanol–water partition coefficient (Wildman–Crippen LogP) is 1.31. The maximum atomic E-state index is 11.4. The van der Waals surface area contributed by atoms with Crippen LogP contribution < -0.4 is 5.73 Å². The predicted molar refractivity (Wildman–Crippen MR) is 77.7 cm³/mol. The summed E-state index contributed by atoms with van der Waals surface area (Å²) in [6.07, 6.45) is 0. The first kappa shape index (κ1) is 14.9. The molecule has 1 aromatic heterocycles. The van der Waals surface area contributed by atoms with E-state index < -0.39 is 0 Å². The second kappa shape index (κ2) is 6.76. The van der Waals surface area contributed by atoms with Gasteiger partial charge in [0.15, 0.2) is 5.16 Å². The highest BCUT2D eigenvalue weighted by molar-refractivity contribution is 7.99. The standard InChI is InChI=1S/C13H13N5O2S/c1-20-11(19)10-4-2-9(3-5-10)8-18-12(15)16-17-13(18)21-7-6-14/h2-5H,7-8H2,1H3,(H2,15,16). The van der Waals surface area contributed by atoms with Crippen molar-refractivity contribution < 1.29 is 9.53 Å². The van der Waals surface area contributed by atoms with Crippen molar-refractivity contribution in [1.82, 2.24) is 14.8 Å². The average molecular weight is 303 g/mol. The summed E-state index contributed by atoms with van der Waals surface area (Å²) in [5, 5.41) is 17.0. The quantitative estimate of drug-likeness (QED) is 0.655. The van der Waals surface area contributed by atoms with E-state index in [4.69, 9.17) is 11.0 Å². The van der Waals surface area contributed by atoms with Crippen molar-refractivity contribution in [2.24, 2.45) is 0 Å². The van der Waals surface area contributed by atoms with Crippen LogP contribution in [0.4, 0.5) is 5.95 Å². The molecular weight excluding hydrogens is 290 g/mol. The number of nitrogen functional groups attached to an aromatic ring is 1. The molecule has 2 rings (SSSR count). The molecule has 0 aliphatic heterocycles. The number of hydrogen-bond donors (Lipinski definition) is 1. The number of nitriles is 1. The van der Waals surface area contributed by atoms with Gasteiger partial charge in [-0.1, -0.05) is 23.9 Å². The van der Waals surface area contributed by atoms with Crippen LogP contribution in [0.25, 0.3) is 0 Å². The van der Waals surface area contributed by atoms with E-state index in [-0.39, 0.29) is 17.7 Å². The summed E-state index contributed by atoms with van der Waals surface area (Å²) in [7, 11) is 1.34. The van der Waals surface area contributed by atoms with E-state index in [0.717, 1.165) is 5.56 Å². The van der Waals surface area contributed by atoms with Crippen molar-refractivity contribution >= 4 is 23.7 Å². The van der Waals surface area contributed by atoms with Crippen LogP contribution in [-0.4, -0.2) is 33.6 Å². The van der Waals surface area contributed by atoms with Crippen LogP contribution in [0.15, 0.2) is 29.4 Å². The smallest absolute Gasteiger partial charge is 0.337 e. The van der Waals surface area contributed by atoms with Gasteiger partial charge < -0.3 is 10.5 Å². The van der Waals surface area contributed by atoms with Gasteiger partial charge in [0.1, 0.15) is 0 Å². The molecule has 2 aromatic rings. The van der Waals surface area contributed by atoms with E-state index in [2.05, 4.69) is 14.9 Å². The Morgan fingerprint density at radius 1 is 1.43 bits per heavy atom. The fourth-order valence-electron chi connectivity index (χ4n) is 1.70. The molecule has 8 heteroatoms. The summed E-state index contributed by atoms with van der Waals surface area (Å²) in [4.78, 5) is 11.4. The Balaban J connectivity index is 2.16. The number of carbonyl (C=O) groups excluding carboxylic acids is 1. The fraction of sp³-hybridized carbons (Fsp3) is 0.231. The van der Waals surface area contributed by atoms with E-state index in [1.54, 1.807) is 16.7 Å². The lowest BCUT2D eigenvalue weighted by Crippen LogP contribution is -2.07. The number of nitrogens with two attached hydrogens (primary N) is 1. The first-order chi connectivity index (χ1) is 10.2. The second-order valence-corrected chi connectivity index (χ2v) is 5.00. The highest BCUT2D eigenvalue weighted by Crippen LogP contribution is 2.19. The molecule has 0 radical (unpaired) electrons. The third kappa shape index (κ3) is 3.52. The van der Waals surface area contributed by atoms with E-state index in [0.29, 0.717) is 17.3 Å². The Morgan fingerprint density at radius 3 is 2.76 bits per heavy atom. The minimum atomic E-state index is -0.379. The minimum Gasteiger partial charge on any atom is -0.465 e. The van der Waals surface area contributed by atoms with Crippen molar-refractivity contribution in [3.8, 4) is 6.07 Å². The summed E-state index contributed by atoms with van der Waals surface area (Å²) in [6, 6.07) is 9.02. The van der Waals surface area contributed by atoms with Gasteiger partial charge in [-0.05, 0) is 17.7 Å². The zero-order valence-corrected chi connectivity index (χ0v) is 12.1. The number of benzene rings is 1. The van der Waals surface area contributed by atoms with Gasteiger partial charge in [-0.15, -0.1) is 10.2 Å². The van der Waals surface area contributed by atoms with Gasteiger partial charge in [0.25, 0.3) is 0 Å². The number of hydrogen-bond acceptors (Lipinski definition) is 7. The fourth-order valence-corrected chi connectivity index (χ4v) is 2.30. The molecule has 21 heavy (non-hydrogen) atoms. The molecule has 0 aliphatic rings. The summed E-state index contributed by atoms with van der Waals surface area (Å²) in [6.45, 7) is 0.466. The van der Waals surface area contributed by atoms with Crippen molar-refractivity contribution in [3.05, 3.63) is 35.4 Å². The van der Waals surface area contributed by atoms with E-state index in [9.17, 15) is 4.79 Å². The SMILES string of the molecule is COC(=O)c1ccc(Cn2c(N)nnc2SCC#N)cc1. The molecule has 1 aromatic carbocycles. The lowest BCUT2D eigenvalue weighted by Gasteiger charge is -2.07. The van der Waals surface area contributed by atoms with E-state index in [1.807, 2.05) is 18.2 Å². The number of ether oxygens (including phenoxy) is 1. The van der Waals surface area contributed by atoms with Crippen LogP contribution in [0.5, 0.6) is 0 Å².